The van der Waals surface area contributed by atoms with Crippen molar-refractivity contribution in [1.29, 1.82) is 0 Å². The number of rotatable bonds is 4. The minimum atomic E-state index is 0.793. The lowest BCUT2D eigenvalue weighted by Crippen LogP contribution is -2.09. The van der Waals surface area contributed by atoms with Gasteiger partial charge in [-0.3, -0.25) is 0 Å². The van der Waals surface area contributed by atoms with Crippen LogP contribution in [0.3, 0.4) is 0 Å². The van der Waals surface area contributed by atoms with Crippen LogP contribution in [0.5, 0.6) is 0 Å². The van der Waals surface area contributed by atoms with Crippen molar-refractivity contribution in [2.24, 2.45) is 7.05 Å². The van der Waals surface area contributed by atoms with Gasteiger partial charge in [-0.15, -0.1) is 10.2 Å². The second-order valence-electron chi connectivity index (χ2n) is 3.40. The van der Waals surface area contributed by atoms with Crippen LogP contribution in [0.1, 0.15) is 5.82 Å². The van der Waals surface area contributed by atoms with Crippen molar-refractivity contribution in [2.45, 2.75) is 6.42 Å². The van der Waals surface area contributed by atoms with E-state index in [1.807, 2.05) is 23.7 Å². The third-order valence-corrected chi connectivity index (χ3v) is 2.66. The molecule has 0 atom stereocenters. The summed E-state index contributed by atoms with van der Waals surface area (Å²) in [5, 5.41) is 11.1. The van der Waals surface area contributed by atoms with Crippen molar-refractivity contribution >= 4 is 21.7 Å². The SMILES string of the molecule is Cn1cnnc1CCNc1ccc(Br)cn1. The molecule has 5 nitrogen and oxygen atoms in total. The van der Waals surface area contributed by atoms with Crippen molar-refractivity contribution in [1.82, 2.24) is 19.7 Å². The zero-order valence-corrected chi connectivity index (χ0v) is 10.5. The van der Waals surface area contributed by atoms with E-state index >= 15 is 0 Å². The van der Waals surface area contributed by atoms with E-state index < -0.39 is 0 Å². The molecule has 0 fully saturated rings. The highest BCUT2D eigenvalue weighted by atomic mass is 79.9. The zero-order chi connectivity index (χ0) is 11.4. The largest absolute Gasteiger partial charge is 0.370 e. The molecule has 0 aliphatic rings. The standard InChI is InChI=1S/C10H12BrN5/c1-16-7-14-15-10(16)4-5-12-9-3-2-8(11)6-13-9/h2-3,6-7H,4-5H2,1H3,(H,12,13). The molecule has 0 amide bonds. The molecule has 0 bridgehead atoms. The van der Waals surface area contributed by atoms with Gasteiger partial charge in [0.25, 0.3) is 0 Å². The Hall–Kier alpha value is -1.43. The Morgan fingerprint density at radius 3 is 2.94 bits per heavy atom. The molecule has 2 aromatic heterocycles. The van der Waals surface area contributed by atoms with Crippen molar-refractivity contribution in [3.8, 4) is 0 Å². The second-order valence-corrected chi connectivity index (χ2v) is 4.31. The van der Waals surface area contributed by atoms with Crippen LogP contribution in [-0.4, -0.2) is 26.3 Å². The van der Waals surface area contributed by atoms with Crippen LogP contribution < -0.4 is 5.32 Å². The van der Waals surface area contributed by atoms with Crippen LogP contribution in [0.25, 0.3) is 0 Å². The predicted molar refractivity (Wildman–Crippen MR) is 65.1 cm³/mol. The summed E-state index contributed by atoms with van der Waals surface area (Å²) in [4.78, 5) is 4.22. The van der Waals surface area contributed by atoms with Gasteiger partial charge in [-0.1, -0.05) is 0 Å². The Morgan fingerprint density at radius 1 is 1.44 bits per heavy atom. The van der Waals surface area contributed by atoms with Crippen molar-refractivity contribution < 1.29 is 0 Å². The van der Waals surface area contributed by atoms with Gasteiger partial charge in [0.2, 0.25) is 0 Å². The summed E-state index contributed by atoms with van der Waals surface area (Å²) in [6, 6.07) is 3.89. The number of nitrogens with zero attached hydrogens (tertiary/aromatic N) is 4. The van der Waals surface area contributed by atoms with E-state index in [2.05, 4.69) is 36.4 Å². The molecule has 0 spiro atoms. The van der Waals surface area contributed by atoms with Crippen LogP contribution in [0.2, 0.25) is 0 Å². The Morgan fingerprint density at radius 2 is 2.31 bits per heavy atom. The average Bonchev–Trinajstić information content (AvgIpc) is 2.68. The average molecular weight is 282 g/mol. The van der Waals surface area contributed by atoms with Gasteiger partial charge >= 0.3 is 0 Å². The first kappa shape index (κ1) is 11.1. The molecule has 2 rings (SSSR count). The summed E-state index contributed by atoms with van der Waals surface area (Å²) in [5.41, 5.74) is 0. The number of nitrogens with one attached hydrogen (secondary N) is 1. The summed E-state index contributed by atoms with van der Waals surface area (Å²) in [5.74, 6) is 1.83. The highest BCUT2D eigenvalue weighted by molar-refractivity contribution is 9.10. The molecule has 2 heterocycles. The highest BCUT2D eigenvalue weighted by Crippen LogP contribution is 2.10. The van der Waals surface area contributed by atoms with Gasteiger partial charge in [-0.05, 0) is 28.1 Å². The Kier molecular flexibility index (Phi) is 3.51. The summed E-state index contributed by atoms with van der Waals surface area (Å²) in [6.45, 7) is 0.793. The van der Waals surface area contributed by atoms with Crippen molar-refractivity contribution in [2.75, 3.05) is 11.9 Å². The number of hydrogen-bond donors (Lipinski definition) is 1. The normalized spacial score (nSPS) is 10.4. The van der Waals surface area contributed by atoms with E-state index in [4.69, 9.17) is 0 Å². The van der Waals surface area contributed by atoms with E-state index in [1.165, 1.54) is 0 Å². The number of aromatic nitrogens is 4. The van der Waals surface area contributed by atoms with Crippen LogP contribution in [0.15, 0.2) is 29.1 Å². The predicted octanol–water partition coefficient (Wildman–Crippen LogP) is 1.63. The molecular weight excluding hydrogens is 270 g/mol. The third-order valence-electron chi connectivity index (χ3n) is 2.19. The first-order valence-corrected chi connectivity index (χ1v) is 5.73. The molecular formula is C10H12BrN5. The molecule has 2 aromatic rings. The number of halogens is 1. The molecule has 0 aromatic carbocycles. The van der Waals surface area contributed by atoms with Crippen LogP contribution in [0.4, 0.5) is 5.82 Å². The van der Waals surface area contributed by atoms with E-state index in [1.54, 1.807) is 12.5 Å². The van der Waals surface area contributed by atoms with Gasteiger partial charge < -0.3 is 9.88 Å². The van der Waals surface area contributed by atoms with Crippen LogP contribution in [-0.2, 0) is 13.5 Å². The lowest BCUT2D eigenvalue weighted by atomic mass is 10.4. The Labute approximate surface area is 102 Å². The molecule has 0 unspecified atom stereocenters. The third kappa shape index (κ3) is 2.79. The minimum Gasteiger partial charge on any atom is -0.370 e. The van der Waals surface area contributed by atoms with E-state index in [-0.39, 0.29) is 0 Å². The molecule has 1 N–H and O–H groups in total. The highest BCUT2D eigenvalue weighted by Gasteiger charge is 2.00. The maximum atomic E-state index is 4.22. The number of hydrogen-bond acceptors (Lipinski definition) is 4. The maximum Gasteiger partial charge on any atom is 0.134 e. The molecule has 0 radical (unpaired) electrons. The smallest absolute Gasteiger partial charge is 0.134 e. The Balaban J connectivity index is 1.84. The van der Waals surface area contributed by atoms with Crippen LogP contribution >= 0.6 is 15.9 Å². The zero-order valence-electron chi connectivity index (χ0n) is 8.89. The van der Waals surface area contributed by atoms with Crippen molar-refractivity contribution in [3.63, 3.8) is 0 Å². The van der Waals surface area contributed by atoms with Gasteiger partial charge in [0.05, 0.1) is 0 Å². The van der Waals surface area contributed by atoms with Gasteiger partial charge in [0.1, 0.15) is 18.0 Å². The quantitative estimate of drug-likeness (QED) is 0.926. The van der Waals surface area contributed by atoms with E-state index in [0.29, 0.717) is 0 Å². The summed E-state index contributed by atoms with van der Waals surface area (Å²) in [7, 11) is 1.94. The van der Waals surface area contributed by atoms with Gasteiger partial charge in [-0.25, -0.2) is 4.98 Å². The molecule has 6 heteroatoms. The van der Waals surface area contributed by atoms with Gasteiger partial charge in [0, 0.05) is 30.7 Å². The summed E-state index contributed by atoms with van der Waals surface area (Å²) >= 11 is 3.34. The maximum absolute atomic E-state index is 4.22. The van der Waals surface area contributed by atoms with Crippen molar-refractivity contribution in [3.05, 3.63) is 35.0 Å². The first-order valence-electron chi connectivity index (χ1n) is 4.94. The lowest BCUT2D eigenvalue weighted by Gasteiger charge is -2.04. The molecule has 0 aliphatic carbocycles. The van der Waals surface area contributed by atoms with E-state index in [9.17, 15) is 0 Å². The molecule has 84 valence electrons. The van der Waals surface area contributed by atoms with Gasteiger partial charge in [-0.2, -0.15) is 0 Å². The number of pyridine rings is 1. The molecule has 0 saturated carbocycles. The first-order chi connectivity index (χ1) is 7.75. The van der Waals surface area contributed by atoms with Crippen LogP contribution in [0, 0.1) is 0 Å². The van der Waals surface area contributed by atoms with Gasteiger partial charge in [0.15, 0.2) is 0 Å². The summed E-state index contributed by atoms with van der Waals surface area (Å²) in [6.07, 6.45) is 4.30. The fourth-order valence-electron chi connectivity index (χ4n) is 1.32. The molecule has 0 aliphatic heterocycles. The number of anilines is 1. The fourth-order valence-corrected chi connectivity index (χ4v) is 1.55. The fraction of sp³-hybridized carbons (Fsp3) is 0.300. The minimum absolute atomic E-state index is 0.793. The summed E-state index contributed by atoms with van der Waals surface area (Å²) < 4.78 is 2.89. The topological polar surface area (TPSA) is 55.6 Å². The second kappa shape index (κ2) is 5.07. The van der Waals surface area contributed by atoms with E-state index in [0.717, 1.165) is 29.1 Å². The lowest BCUT2D eigenvalue weighted by molar-refractivity contribution is 0.787. The number of aryl methyl sites for hydroxylation is 1. The molecule has 16 heavy (non-hydrogen) atoms. The monoisotopic (exact) mass is 281 g/mol. The Bertz CT molecular complexity index is 450. The molecule has 0 saturated heterocycles.